The van der Waals surface area contributed by atoms with Crippen molar-refractivity contribution in [3.05, 3.63) is 169 Å². The average Bonchev–Trinajstić information content (AvgIpc) is 3.54. The highest BCUT2D eigenvalue weighted by Gasteiger charge is 2.36. The predicted molar refractivity (Wildman–Crippen MR) is 210 cm³/mol. The van der Waals surface area contributed by atoms with Crippen LogP contribution in [0.25, 0.3) is 64.2 Å². The van der Waals surface area contributed by atoms with Gasteiger partial charge in [0.05, 0.1) is 22.6 Å². The van der Waals surface area contributed by atoms with E-state index in [-0.39, 0.29) is 5.41 Å². The molecule has 0 fully saturated rings. The topological polar surface area (TPSA) is 16.1 Å². The maximum absolute atomic E-state index is 5.54. The molecule has 0 bridgehead atoms. The molecule has 1 aliphatic rings. The number of nitrogens with zero attached hydrogens (tertiary/aromatic N) is 2. The Morgan fingerprint density at radius 2 is 1.16 bits per heavy atom. The van der Waals surface area contributed by atoms with Crippen molar-refractivity contribution in [3.8, 4) is 22.4 Å². The van der Waals surface area contributed by atoms with Gasteiger partial charge in [0.1, 0.15) is 0 Å². The first-order chi connectivity index (χ1) is 24.1. The lowest BCUT2D eigenvalue weighted by Crippen LogP contribution is -2.30. The van der Waals surface area contributed by atoms with Crippen molar-refractivity contribution < 1.29 is 0 Å². The van der Waals surface area contributed by atoms with Gasteiger partial charge in [-0.05, 0) is 53.1 Å². The summed E-state index contributed by atoms with van der Waals surface area (Å²) in [5, 5.41) is 6.26. The summed E-state index contributed by atoms with van der Waals surface area (Å²) in [4.78, 5) is 7.98. The fourth-order valence-corrected chi connectivity index (χ4v) is 9.25. The molecule has 0 amide bonds. The monoisotopic (exact) mass is 644 g/mol. The molecule has 0 saturated carbocycles. The second-order valence-electron chi connectivity index (χ2n) is 13.5. The Balaban J connectivity index is 1.26. The summed E-state index contributed by atoms with van der Waals surface area (Å²) >= 11 is 1.87. The highest BCUT2D eigenvalue weighted by atomic mass is 32.1. The number of fused-ring (bicyclic) bond motifs is 9. The minimum Gasteiger partial charge on any atom is -0.310 e. The normalized spacial score (nSPS) is 13.6. The van der Waals surface area contributed by atoms with Crippen molar-refractivity contribution in [3.63, 3.8) is 0 Å². The van der Waals surface area contributed by atoms with Gasteiger partial charge in [-0.15, -0.1) is 11.3 Å². The Labute approximate surface area is 289 Å². The van der Waals surface area contributed by atoms with Gasteiger partial charge in [-0.2, -0.15) is 0 Å². The minimum atomic E-state index is -0.104. The quantitative estimate of drug-likeness (QED) is 0.178. The smallest absolute Gasteiger partial charge is 0.0794 e. The van der Waals surface area contributed by atoms with E-state index in [1.165, 1.54) is 58.8 Å². The number of para-hydroxylation sites is 3. The van der Waals surface area contributed by atoms with E-state index in [0.29, 0.717) is 0 Å². The molecule has 0 saturated heterocycles. The van der Waals surface area contributed by atoms with Crippen molar-refractivity contribution in [1.82, 2.24) is 4.98 Å². The fourth-order valence-electron chi connectivity index (χ4n) is 8.14. The van der Waals surface area contributed by atoms with Crippen LogP contribution >= 0.6 is 11.3 Å². The van der Waals surface area contributed by atoms with E-state index in [9.17, 15) is 0 Å². The zero-order chi connectivity index (χ0) is 32.7. The van der Waals surface area contributed by atoms with E-state index in [2.05, 4.69) is 176 Å². The third kappa shape index (κ3) is 4.16. The van der Waals surface area contributed by atoms with Gasteiger partial charge in [0.2, 0.25) is 0 Å². The van der Waals surface area contributed by atoms with Gasteiger partial charge < -0.3 is 4.90 Å². The number of hydrogen-bond acceptors (Lipinski definition) is 3. The van der Waals surface area contributed by atoms with Gasteiger partial charge in [-0.1, -0.05) is 135 Å². The standard InChI is InChI=1S/C46H32N2S/c1-46(2)36-21-7-9-23-38(36)48(39-24-10-8-22-37(39)46)31-17-12-16-30(28-31)32-19-13-20-34-42-35(44(47-45(32)34)29-14-4-3-5-15-29)26-27-41-43(42)33-18-6-11-25-40(33)49-41/h3-28H,1-2H3. The summed E-state index contributed by atoms with van der Waals surface area (Å²) < 4.78 is 2.61. The molecule has 0 unspecified atom stereocenters. The molecule has 3 heteroatoms. The van der Waals surface area contributed by atoms with Crippen molar-refractivity contribution in [2.45, 2.75) is 19.3 Å². The van der Waals surface area contributed by atoms with E-state index < -0.39 is 0 Å². The van der Waals surface area contributed by atoms with Gasteiger partial charge in [-0.25, -0.2) is 4.98 Å². The van der Waals surface area contributed by atoms with Crippen LogP contribution in [-0.2, 0) is 5.41 Å². The average molecular weight is 645 g/mol. The van der Waals surface area contributed by atoms with Crippen LogP contribution in [0.2, 0.25) is 0 Å². The summed E-state index contributed by atoms with van der Waals surface area (Å²) in [6.45, 7) is 4.67. The van der Waals surface area contributed by atoms with Gasteiger partial charge in [0.15, 0.2) is 0 Å². The van der Waals surface area contributed by atoms with E-state index >= 15 is 0 Å². The van der Waals surface area contributed by atoms with E-state index in [4.69, 9.17) is 4.98 Å². The maximum Gasteiger partial charge on any atom is 0.0794 e. The Kier molecular flexibility index (Phi) is 6.12. The molecule has 9 aromatic rings. The van der Waals surface area contributed by atoms with Crippen molar-refractivity contribution in [1.29, 1.82) is 0 Å². The lowest BCUT2D eigenvalue weighted by molar-refractivity contribution is 0.632. The first kappa shape index (κ1) is 28.3. The molecular formula is C46H32N2S. The van der Waals surface area contributed by atoms with Crippen LogP contribution in [0, 0.1) is 0 Å². The molecule has 1 aliphatic heterocycles. The second kappa shape index (κ2) is 10.6. The van der Waals surface area contributed by atoms with E-state index in [1.54, 1.807) is 0 Å². The van der Waals surface area contributed by atoms with Crippen molar-refractivity contribution in [2.24, 2.45) is 0 Å². The molecule has 0 atom stereocenters. The summed E-state index contributed by atoms with van der Waals surface area (Å²) in [5.74, 6) is 0. The third-order valence-corrected chi connectivity index (χ3v) is 11.6. The van der Waals surface area contributed by atoms with Gasteiger partial charge in [-0.3, -0.25) is 0 Å². The first-order valence-corrected chi connectivity index (χ1v) is 17.7. The molecule has 3 heterocycles. The Bertz CT molecular complexity index is 2710. The molecule has 0 aliphatic carbocycles. The number of rotatable bonds is 3. The number of benzene rings is 7. The largest absolute Gasteiger partial charge is 0.310 e. The molecule has 0 radical (unpaired) electrons. The Morgan fingerprint density at radius 1 is 0.510 bits per heavy atom. The molecule has 0 spiro atoms. The first-order valence-electron chi connectivity index (χ1n) is 16.9. The Morgan fingerprint density at radius 3 is 1.96 bits per heavy atom. The highest BCUT2D eigenvalue weighted by Crippen LogP contribution is 2.52. The van der Waals surface area contributed by atoms with Crippen molar-refractivity contribution >= 4 is 70.2 Å². The lowest BCUT2D eigenvalue weighted by Gasteiger charge is -2.42. The summed E-state index contributed by atoms with van der Waals surface area (Å²) in [7, 11) is 0. The number of hydrogen-bond donors (Lipinski definition) is 0. The Hall–Kier alpha value is -5.77. The van der Waals surface area contributed by atoms with Crippen LogP contribution in [0.1, 0.15) is 25.0 Å². The number of anilines is 3. The van der Waals surface area contributed by atoms with Gasteiger partial charge in [0.25, 0.3) is 0 Å². The highest BCUT2D eigenvalue weighted by molar-refractivity contribution is 7.26. The molecule has 2 nitrogen and oxygen atoms in total. The molecule has 7 aromatic carbocycles. The predicted octanol–water partition coefficient (Wildman–Crippen LogP) is 13.2. The van der Waals surface area contributed by atoms with Crippen LogP contribution in [-0.4, -0.2) is 4.98 Å². The van der Waals surface area contributed by atoms with E-state index in [1.807, 2.05) is 11.3 Å². The SMILES string of the molecule is CC1(C)c2ccccc2N(c2cccc(-c3cccc4c3nc(-c3ccccc3)c3ccc5sc6ccccc6c5c34)c2)c2ccccc21. The molecule has 2 aromatic heterocycles. The summed E-state index contributed by atoms with van der Waals surface area (Å²) in [6.07, 6.45) is 0. The zero-order valence-corrected chi connectivity index (χ0v) is 28.1. The third-order valence-electron chi connectivity index (χ3n) is 10.4. The number of thiophene rings is 1. The minimum absolute atomic E-state index is 0.104. The van der Waals surface area contributed by atoms with Crippen LogP contribution in [0.3, 0.4) is 0 Å². The molecule has 49 heavy (non-hydrogen) atoms. The van der Waals surface area contributed by atoms with Crippen LogP contribution in [0.4, 0.5) is 17.1 Å². The van der Waals surface area contributed by atoms with Crippen LogP contribution in [0.15, 0.2) is 158 Å². The van der Waals surface area contributed by atoms with Crippen LogP contribution < -0.4 is 4.90 Å². The molecular weight excluding hydrogens is 613 g/mol. The zero-order valence-electron chi connectivity index (χ0n) is 27.3. The maximum atomic E-state index is 5.54. The summed E-state index contributed by atoms with van der Waals surface area (Å²) in [6, 6.07) is 57.4. The van der Waals surface area contributed by atoms with E-state index in [0.717, 1.165) is 33.6 Å². The number of pyridine rings is 1. The molecule has 10 rings (SSSR count). The number of aromatic nitrogens is 1. The van der Waals surface area contributed by atoms with Crippen molar-refractivity contribution in [2.75, 3.05) is 4.90 Å². The lowest BCUT2D eigenvalue weighted by atomic mass is 9.73. The molecule has 232 valence electrons. The summed E-state index contributed by atoms with van der Waals surface area (Å²) in [5.41, 5.74) is 11.6. The fraction of sp³-hybridized carbons (Fsp3) is 0.0652. The van der Waals surface area contributed by atoms with Gasteiger partial charge in [0, 0.05) is 58.6 Å². The molecule has 0 N–H and O–H groups in total. The van der Waals surface area contributed by atoms with Crippen LogP contribution in [0.5, 0.6) is 0 Å². The second-order valence-corrected chi connectivity index (χ2v) is 14.6. The van der Waals surface area contributed by atoms with Gasteiger partial charge >= 0.3 is 0 Å².